The molecule has 2 aromatic carbocycles. The maximum Gasteiger partial charge on any atom is 0.261 e. The molecule has 6 heteroatoms. The quantitative estimate of drug-likeness (QED) is 0.550. The molecule has 3 N–H and O–H groups in total. The van der Waals surface area contributed by atoms with Gasteiger partial charge in [-0.25, -0.2) is 9.37 Å². The minimum Gasteiger partial charge on any atom is -0.383 e. The number of anilines is 1. The number of benzene rings is 2. The second-order valence-electron chi connectivity index (χ2n) is 5.70. The van der Waals surface area contributed by atoms with Gasteiger partial charge in [0, 0.05) is 28.2 Å². The van der Waals surface area contributed by atoms with E-state index in [2.05, 4.69) is 10.3 Å². The van der Waals surface area contributed by atoms with Crippen molar-refractivity contribution in [1.29, 1.82) is 0 Å². The van der Waals surface area contributed by atoms with Gasteiger partial charge in [-0.15, -0.1) is 11.3 Å². The van der Waals surface area contributed by atoms with E-state index in [-0.39, 0.29) is 19.2 Å². The number of nitrogen functional groups attached to an aromatic ring is 1. The highest BCUT2D eigenvalue weighted by molar-refractivity contribution is 7.20. The SMILES string of the molecule is C.Nc1nccc2cc(CNC(=O)c3cc4c(F)cccc4s3)ccc12. The number of amides is 1. The molecule has 0 bridgehead atoms. The Morgan fingerprint density at radius 1 is 1.15 bits per heavy atom. The Bertz CT molecular complexity index is 1110. The van der Waals surface area contributed by atoms with Crippen molar-refractivity contribution in [1.82, 2.24) is 10.3 Å². The first-order chi connectivity index (χ1) is 12.1. The van der Waals surface area contributed by atoms with E-state index in [4.69, 9.17) is 5.73 Å². The molecule has 2 aromatic heterocycles. The van der Waals surface area contributed by atoms with Crippen LogP contribution in [0.1, 0.15) is 22.7 Å². The molecule has 0 aliphatic rings. The summed E-state index contributed by atoms with van der Waals surface area (Å²) in [5.41, 5.74) is 6.80. The van der Waals surface area contributed by atoms with Crippen molar-refractivity contribution in [2.24, 2.45) is 0 Å². The van der Waals surface area contributed by atoms with Crippen molar-refractivity contribution in [3.8, 4) is 0 Å². The van der Waals surface area contributed by atoms with Crippen LogP contribution in [-0.2, 0) is 6.54 Å². The van der Waals surface area contributed by atoms with E-state index in [1.165, 1.54) is 17.4 Å². The molecule has 26 heavy (non-hydrogen) atoms. The average Bonchev–Trinajstić information content (AvgIpc) is 3.06. The van der Waals surface area contributed by atoms with E-state index >= 15 is 0 Å². The van der Waals surface area contributed by atoms with Crippen LogP contribution >= 0.6 is 11.3 Å². The molecule has 0 aliphatic heterocycles. The highest BCUT2D eigenvalue weighted by Crippen LogP contribution is 2.27. The second kappa shape index (κ2) is 7.09. The zero-order valence-electron chi connectivity index (χ0n) is 13.1. The topological polar surface area (TPSA) is 68.0 Å². The number of thiophene rings is 1. The van der Waals surface area contributed by atoms with Crippen molar-refractivity contribution in [3.05, 3.63) is 71.0 Å². The molecule has 0 aliphatic carbocycles. The number of rotatable bonds is 3. The number of hydrogen-bond acceptors (Lipinski definition) is 4. The molecule has 2 heterocycles. The Hall–Kier alpha value is -2.99. The van der Waals surface area contributed by atoms with Crippen molar-refractivity contribution in [2.45, 2.75) is 14.0 Å². The van der Waals surface area contributed by atoms with Crippen LogP contribution in [-0.4, -0.2) is 10.9 Å². The van der Waals surface area contributed by atoms with E-state index in [9.17, 15) is 9.18 Å². The van der Waals surface area contributed by atoms with Gasteiger partial charge in [-0.1, -0.05) is 25.6 Å². The van der Waals surface area contributed by atoms with Gasteiger partial charge in [0.15, 0.2) is 0 Å². The minimum absolute atomic E-state index is 0. The lowest BCUT2D eigenvalue weighted by molar-refractivity contribution is 0.0955. The number of aromatic nitrogens is 1. The summed E-state index contributed by atoms with van der Waals surface area (Å²) in [5, 5.41) is 5.22. The number of carbonyl (C=O) groups is 1. The van der Waals surface area contributed by atoms with E-state index < -0.39 is 0 Å². The van der Waals surface area contributed by atoms with Gasteiger partial charge in [-0.3, -0.25) is 4.79 Å². The lowest BCUT2D eigenvalue weighted by Crippen LogP contribution is -2.21. The molecule has 0 radical (unpaired) electrons. The van der Waals surface area contributed by atoms with Crippen LogP contribution in [0.5, 0.6) is 0 Å². The summed E-state index contributed by atoms with van der Waals surface area (Å²) in [7, 11) is 0. The molecule has 0 spiro atoms. The third-order valence-electron chi connectivity index (χ3n) is 4.04. The predicted octanol–water partition coefficient (Wildman–Crippen LogP) is 4.74. The van der Waals surface area contributed by atoms with Crippen LogP contribution in [0.15, 0.2) is 54.7 Å². The first-order valence-electron chi connectivity index (χ1n) is 7.71. The smallest absolute Gasteiger partial charge is 0.261 e. The highest BCUT2D eigenvalue weighted by Gasteiger charge is 2.12. The maximum atomic E-state index is 13.8. The number of nitrogens with one attached hydrogen (secondary N) is 1. The fourth-order valence-corrected chi connectivity index (χ4v) is 3.76. The summed E-state index contributed by atoms with van der Waals surface area (Å²) < 4.78 is 14.5. The van der Waals surface area contributed by atoms with E-state index in [1.54, 1.807) is 18.3 Å². The molecule has 1 amide bonds. The predicted molar refractivity (Wildman–Crippen MR) is 106 cm³/mol. The first-order valence-corrected chi connectivity index (χ1v) is 8.53. The average molecular weight is 367 g/mol. The minimum atomic E-state index is -0.312. The van der Waals surface area contributed by atoms with Gasteiger partial charge in [-0.2, -0.15) is 0 Å². The zero-order valence-corrected chi connectivity index (χ0v) is 13.9. The second-order valence-corrected chi connectivity index (χ2v) is 6.78. The Balaban J connectivity index is 0.00000196. The van der Waals surface area contributed by atoms with Gasteiger partial charge in [0.05, 0.1) is 4.88 Å². The number of pyridine rings is 1. The van der Waals surface area contributed by atoms with Crippen LogP contribution in [0, 0.1) is 5.82 Å². The summed E-state index contributed by atoms with van der Waals surface area (Å²) in [4.78, 5) is 16.9. The van der Waals surface area contributed by atoms with Gasteiger partial charge in [-0.05, 0) is 41.3 Å². The summed E-state index contributed by atoms with van der Waals surface area (Å²) in [6.07, 6.45) is 1.66. The number of carbonyl (C=O) groups excluding carboxylic acids is 1. The fraction of sp³-hybridized carbons (Fsp3) is 0.100. The molecule has 132 valence electrons. The number of nitrogens with zero attached hydrogens (tertiary/aromatic N) is 1. The van der Waals surface area contributed by atoms with Gasteiger partial charge in [0.1, 0.15) is 11.6 Å². The molecular weight excluding hydrogens is 349 g/mol. The van der Waals surface area contributed by atoms with Crippen LogP contribution < -0.4 is 11.1 Å². The Morgan fingerprint density at radius 2 is 2.00 bits per heavy atom. The molecule has 0 unspecified atom stereocenters. The van der Waals surface area contributed by atoms with E-state index in [0.717, 1.165) is 21.0 Å². The molecule has 0 saturated carbocycles. The molecule has 0 atom stereocenters. The number of halogens is 1. The molecule has 0 fully saturated rings. The molecule has 0 saturated heterocycles. The third kappa shape index (κ3) is 3.23. The van der Waals surface area contributed by atoms with Crippen LogP contribution in [0.25, 0.3) is 20.9 Å². The fourth-order valence-electron chi connectivity index (χ4n) is 2.77. The Kier molecular flexibility index (Phi) is 4.86. The normalized spacial score (nSPS) is 10.7. The molecular formula is C20H18FN3OS. The van der Waals surface area contributed by atoms with Crippen LogP contribution in [0.4, 0.5) is 10.2 Å². The van der Waals surface area contributed by atoms with Gasteiger partial charge < -0.3 is 11.1 Å². The van der Waals surface area contributed by atoms with Gasteiger partial charge in [0.2, 0.25) is 0 Å². The van der Waals surface area contributed by atoms with Crippen molar-refractivity contribution in [3.63, 3.8) is 0 Å². The van der Waals surface area contributed by atoms with Gasteiger partial charge in [0.25, 0.3) is 5.91 Å². The highest BCUT2D eigenvalue weighted by atomic mass is 32.1. The summed E-state index contributed by atoms with van der Waals surface area (Å²) >= 11 is 1.28. The first kappa shape index (κ1) is 17.8. The number of hydrogen-bond donors (Lipinski definition) is 2. The van der Waals surface area contributed by atoms with Crippen LogP contribution in [0.2, 0.25) is 0 Å². The lowest BCUT2D eigenvalue weighted by atomic mass is 10.1. The molecule has 4 aromatic rings. The standard InChI is InChI=1S/C19H14FN3OS.CH4/c20-15-2-1-3-16-14(15)9-17(25-16)19(24)23-10-11-4-5-13-12(8-11)6-7-22-18(13)21;/h1-9H,10H2,(H2,21,22)(H,23,24);1H4. The number of nitrogens with two attached hydrogens (primary N) is 1. The molecule has 4 nitrogen and oxygen atoms in total. The lowest BCUT2D eigenvalue weighted by Gasteiger charge is -2.06. The largest absolute Gasteiger partial charge is 0.383 e. The maximum absolute atomic E-state index is 13.8. The van der Waals surface area contributed by atoms with Crippen molar-refractivity contribution in [2.75, 3.05) is 5.73 Å². The van der Waals surface area contributed by atoms with E-state index in [1.807, 2.05) is 30.3 Å². The third-order valence-corrected chi connectivity index (χ3v) is 5.14. The summed E-state index contributed by atoms with van der Waals surface area (Å²) in [6.45, 7) is 0.383. The summed E-state index contributed by atoms with van der Waals surface area (Å²) in [5.74, 6) is -0.0381. The molecule has 4 rings (SSSR count). The zero-order chi connectivity index (χ0) is 17.4. The van der Waals surface area contributed by atoms with Crippen molar-refractivity contribution >= 4 is 43.9 Å². The summed E-state index contributed by atoms with van der Waals surface area (Å²) in [6, 6.07) is 14.1. The Labute approximate surface area is 154 Å². The Morgan fingerprint density at radius 3 is 2.81 bits per heavy atom. The van der Waals surface area contributed by atoms with Crippen molar-refractivity contribution < 1.29 is 9.18 Å². The number of fused-ring (bicyclic) bond motifs is 2. The van der Waals surface area contributed by atoms with Gasteiger partial charge >= 0.3 is 0 Å². The van der Waals surface area contributed by atoms with E-state index in [0.29, 0.717) is 22.6 Å². The monoisotopic (exact) mass is 367 g/mol. The van der Waals surface area contributed by atoms with Crippen LogP contribution in [0.3, 0.4) is 0 Å².